The van der Waals surface area contributed by atoms with Crippen LogP contribution >= 0.6 is 0 Å². The maximum absolute atomic E-state index is 11.3. The van der Waals surface area contributed by atoms with Crippen LogP contribution in [0.2, 0.25) is 0 Å². The van der Waals surface area contributed by atoms with Crippen LogP contribution in [0.1, 0.15) is 5.56 Å². The largest absolute Gasteiger partial charge is 0.368 e. The molecule has 0 radical (unpaired) electrons. The maximum Gasteiger partial charge on any atom is 0.238 e. The summed E-state index contributed by atoms with van der Waals surface area (Å²) in [6.45, 7) is 0.646. The molecule has 8 heteroatoms. The molecule has 0 atom stereocenters. The lowest BCUT2D eigenvalue weighted by Crippen LogP contribution is -2.12. The van der Waals surface area contributed by atoms with E-state index in [2.05, 4.69) is 15.4 Å². The molecule has 142 valence electrons. The van der Waals surface area contributed by atoms with Gasteiger partial charge in [-0.15, -0.1) is 0 Å². The molecule has 0 saturated carbocycles. The summed E-state index contributed by atoms with van der Waals surface area (Å²) < 4.78 is 24.4. The van der Waals surface area contributed by atoms with Gasteiger partial charge in [0.05, 0.1) is 10.6 Å². The Bertz CT molecular complexity index is 1200. The van der Waals surface area contributed by atoms with E-state index < -0.39 is 10.0 Å². The van der Waals surface area contributed by atoms with E-state index in [4.69, 9.17) is 5.14 Å². The van der Waals surface area contributed by atoms with E-state index in [1.165, 1.54) is 12.1 Å². The second-order valence-corrected chi connectivity index (χ2v) is 7.93. The van der Waals surface area contributed by atoms with Crippen molar-refractivity contribution in [3.63, 3.8) is 0 Å². The summed E-state index contributed by atoms with van der Waals surface area (Å²) in [4.78, 5) is 4.54. The van der Waals surface area contributed by atoms with Crippen LogP contribution in [0.5, 0.6) is 0 Å². The van der Waals surface area contributed by atoms with Crippen LogP contribution in [0.4, 0.5) is 5.82 Å². The van der Waals surface area contributed by atoms with E-state index in [1.807, 2.05) is 42.6 Å². The average Bonchev–Trinajstić information content (AvgIpc) is 3.14. The second kappa shape index (κ2) is 7.41. The number of sulfonamides is 1. The molecule has 7 nitrogen and oxygen atoms in total. The Morgan fingerprint density at radius 1 is 1.04 bits per heavy atom. The number of hydrogen-bond donors (Lipinski definition) is 2. The van der Waals surface area contributed by atoms with Gasteiger partial charge in [0.15, 0.2) is 5.82 Å². The SMILES string of the molecule is NS(=O)(=O)c1ccc(CCNc2nccn3nc(-c4ccccc4)cc23)cc1. The van der Waals surface area contributed by atoms with Gasteiger partial charge in [-0.05, 0) is 30.2 Å². The number of benzene rings is 2. The molecule has 2 aromatic heterocycles. The van der Waals surface area contributed by atoms with Gasteiger partial charge in [0.25, 0.3) is 0 Å². The number of fused-ring (bicyclic) bond motifs is 1. The third-order valence-electron chi connectivity index (χ3n) is 4.42. The third kappa shape index (κ3) is 3.88. The average molecular weight is 393 g/mol. The first-order valence-electron chi connectivity index (χ1n) is 8.76. The Labute approximate surface area is 162 Å². The van der Waals surface area contributed by atoms with Crippen molar-refractivity contribution in [2.45, 2.75) is 11.3 Å². The quantitative estimate of drug-likeness (QED) is 0.524. The predicted molar refractivity (Wildman–Crippen MR) is 108 cm³/mol. The number of aromatic nitrogens is 3. The Hall–Kier alpha value is -3.23. The molecule has 0 spiro atoms. The van der Waals surface area contributed by atoms with E-state index in [0.717, 1.165) is 28.2 Å². The highest BCUT2D eigenvalue weighted by Gasteiger charge is 2.09. The monoisotopic (exact) mass is 393 g/mol. The first-order valence-corrected chi connectivity index (χ1v) is 10.3. The molecule has 2 aromatic carbocycles. The van der Waals surface area contributed by atoms with Gasteiger partial charge in [0.2, 0.25) is 10.0 Å². The molecule has 2 heterocycles. The van der Waals surface area contributed by atoms with Gasteiger partial charge in [-0.25, -0.2) is 23.1 Å². The summed E-state index contributed by atoms with van der Waals surface area (Å²) in [5, 5.41) is 13.1. The molecule has 0 aliphatic carbocycles. The molecule has 0 aliphatic rings. The van der Waals surface area contributed by atoms with Crippen LogP contribution in [0, 0.1) is 0 Å². The lowest BCUT2D eigenvalue weighted by atomic mass is 10.1. The number of hydrogen-bond acceptors (Lipinski definition) is 5. The van der Waals surface area contributed by atoms with Gasteiger partial charge < -0.3 is 5.32 Å². The molecule has 28 heavy (non-hydrogen) atoms. The summed E-state index contributed by atoms with van der Waals surface area (Å²) in [6.07, 6.45) is 4.24. The van der Waals surface area contributed by atoms with Gasteiger partial charge in [-0.3, -0.25) is 0 Å². The van der Waals surface area contributed by atoms with Gasteiger partial charge in [-0.1, -0.05) is 42.5 Å². The molecule has 0 bridgehead atoms. The Balaban J connectivity index is 1.48. The second-order valence-electron chi connectivity index (χ2n) is 6.37. The summed E-state index contributed by atoms with van der Waals surface area (Å²) in [6, 6.07) is 18.6. The molecule has 0 saturated heterocycles. The molecular formula is C20H19N5O2S. The minimum Gasteiger partial charge on any atom is -0.368 e. The van der Waals surface area contributed by atoms with Gasteiger partial charge in [-0.2, -0.15) is 5.10 Å². The first-order chi connectivity index (χ1) is 13.5. The number of nitrogens with one attached hydrogen (secondary N) is 1. The van der Waals surface area contributed by atoms with Crippen LogP contribution in [-0.2, 0) is 16.4 Å². The molecule has 4 rings (SSSR count). The summed E-state index contributed by atoms with van der Waals surface area (Å²) in [7, 11) is -3.66. The van der Waals surface area contributed by atoms with Crippen LogP contribution in [0.25, 0.3) is 16.8 Å². The minimum atomic E-state index is -3.66. The lowest BCUT2D eigenvalue weighted by Gasteiger charge is -2.07. The summed E-state index contributed by atoms with van der Waals surface area (Å²) in [5.41, 5.74) is 3.83. The van der Waals surface area contributed by atoms with Crippen molar-refractivity contribution in [2.24, 2.45) is 5.14 Å². The van der Waals surface area contributed by atoms with Crippen LogP contribution in [0.3, 0.4) is 0 Å². The van der Waals surface area contributed by atoms with E-state index >= 15 is 0 Å². The normalized spacial score (nSPS) is 11.6. The van der Waals surface area contributed by atoms with Crippen LogP contribution < -0.4 is 10.5 Å². The fourth-order valence-corrected chi connectivity index (χ4v) is 3.49. The lowest BCUT2D eigenvalue weighted by molar-refractivity contribution is 0.598. The zero-order valence-corrected chi connectivity index (χ0v) is 15.8. The van der Waals surface area contributed by atoms with Crippen molar-refractivity contribution < 1.29 is 8.42 Å². The van der Waals surface area contributed by atoms with Crippen molar-refractivity contribution in [1.82, 2.24) is 14.6 Å². The minimum absolute atomic E-state index is 0.114. The highest BCUT2D eigenvalue weighted by Crippen LogP contribution is 2.22. The van der Waals surface area contributed by atoms with Crippen molar-refractivity contribution >= 4 is 21.4 Å². The fourth-order valence-electron chi connectivity index (χ4n) is 2.98. The zero-order chi connectivity index (χ0) is 19.6. The number of anilines is 1. The number of nitrogens with two attached hydrogens (primary N) is 1. The highest BCUT2D eigenvalue weighted by molar-refractivity contribution is 7.89. The Morgan fingerprint density at radius 2 is 1.79 bits per heavy atom. The number of rotatable bonds is 6. The third-order valence-corrected chi connectivity index (χ3v) is 5.35. The summed E-state index contributed by atoms with van der Waals surface area (Å²) in [5.74, 6) is 0.748. The van der Waals surface area contributed by atoms with Gasteiger partial charge in [0.1, 0.15) is 5.52 Å². The van der Waals surface area contributed by atoms with E-state index in [9.17, 15) is 8.42 Å². The molecule has 0 unspecified atom stereocenters. The molecule has 0 aliphatic heterocycles. The van der Waals surface area contributed by atoms with E-state index in [0.29, 0.717) is 13.0 Å². The van der Waals surface area contributed by atoms with Crippen LogP contribution in [0.15, 0.2) is 78.0 Å². The van der Waals surface area contributed by atoms with Crippen molar-refractivity contribution in [1.29, 1.82) is 0 Å². The van der Waals surface area contributed by atoms with Crippen molar-refractivity contribution in [3.8, 4) is 11.3 Å². The zero-order valence-electron chi connectivity index (χ0n) is 15.0. The highest BCUT2D eigenvalue weighted by atomic mass is 32.2. The number of nitrogens with zero attached hydrogens (tertiary/aromatic N) is 3. The molecule has 0 fully saturated rings. The van der Waals surface area contributed by atoms with E-state index in [1.54, 1.807) is 22.8 Å². The fraction of sp³-hybridized carbons (Fsp3) is 0.100. The van der Waals surface area contributed by atoms with Crippen LogP contribution in [-0.4, -0.2) is 29.6 Å². The Morgan fingerprint density at radius 3 is 2.50 bits per heavy atom. The van der Waals surface area contributed by atoms with Crippen molar-refractivity contribution in [3.05, 3.63) is 78.6 Å². The smallest absolute Gasteiger partial charge is 0.238 e. The standard InChI is InChI=1S/C20H19N5O2S/c21-28(26,27)17-8-6-15(7-9-17)10-11-22-20-19-14-18(16-4-2-1-3-5-16)24-25(19)13-12-23-20/h1-9,12-14H,10-11H2,(H,22,23)(H2,21,26,27). The van der Waals surface area contributed by atoms with Gasteiger partial charge >= 0.3 is 0 Å². The molecule has 4 aromatic rings. The topological polar surface area (TPSA) is 102 Å². The molecule has 3 N–H and O–H groups in total. The van der Waals surface area contributed by atoms with Gasteiger partial charge in [0, 0.05) is 24.5 Å². The maximum atomic E-state index is 11.3. The Kier molecular flexibility index (Phi) is 4.81. The summed E-state index contributed by atoms with van der Waals surface area (Å²) >= 11 is 0. The molecule has 0 amide bonds. The first kappa shape index (κ1) is 18.1. The molecular weight excluding hydrogens is 374 g/mol. The number of primary sulfonamides is 1. The van der Waals surface area contributed by atoms with Crippen molar-refractivity contribution in [2.75, 3.05) is 11.9 Å². The van der Waals surface area contributed by atoms with E-state index in [-0.39, 0.29) is 4.90 Å². The predicted octanol–water partition coefficient (Wildman–Crippen LogP) is 2.70.